The van der Waals surface area contributed by atoms with Crippen LogP contribution in [0, 0.1) is 13.8 Å². The predicted molar refractivity (Wildman–Crippen MR) is 103 cm³/mol. The number of aryl methyl sites for hydroxylation is 2. The smallest absolute Gasteiger partial charge is 0.237 e. The molecular weight excluding hydrogens is 332 g/mol. The maximum atomic E-state index is 12.4. The van der Waals surface area contributed by atoms with E-state index in [1.807, 2.05) is 32.0 Å². The Morgan fingerprint density at radius 3 is 2.64 bits per heavy atom. The van der Waals surface area contributed by atoms with E-state index in [0.29, 0.717) is 5.69 Å². The number of benzene rings is 2. The molecule has 0 aliphatic rings. The zero-order chi connectivity index (χ0) is 18.0. The first-order valence-electron chi connectivity index (χ1n) is 8.07. The lowest BCUT2D eigenvalue weighted by molar-refractivity contribution is -0.115. The second-order valence-corrected chi connectivity index (χ2v) is 7.41. The van der Waals surface area contributed by atoms with Gasteiger partial charge in [0.25, 0.3) is 0 Å². The molecule has 5 heteroatoms. The summed E-state index contributed by atoms with van der Waals surface area (Å²) < 4.78 is 0. The molecule has 0 saturated heterocycles. The van der Waals surface area contributed by atoms with Crippen LogP contribution in [0.4, 0.5) is 5.69 Å². The quantitative estimate of drug-likeness (QED) is 0.670. The predicted octanol–water partition coefficient (Wildman–Crippen LogP) is 4.68. The molecule has 1 amide bonds. The number of amides is 1. The number of aromatic nitrogens is 1. The fourth-order valence-corrected chi connectivity index (χ4v) is 3.57. The average molecular weight is 352 g/mol. The van der Waals surface area contributed by atoms with E-state index >= 15 is 0 Å². The molecule has 128 valence electrons. The molecule has 4 nitrogen and oxygen atoms in total. The van der Waals surface area contributed by atoms with Gasteiger partial charge in [-0.05, 0) is 50.1 Å². The van der Waals surface area contributed by atoms with E-state index in [2.05, 4.69) is 18.3 Å². The first-order chi connectivity index (χ1) is 11.9. The maximum absolute atomic E-state index is 12.4. The van der Waals surface area contributed by atoms with Gasteiger partial charge in [0.2, 0.25) is 5.91 Å². The van der Waals surface area contributed by atoms with Gasteiger partial charge < -0.3 is 10.4 Å². The van der Waals surface area contributed by atoms with Gasteiger partial charge >= 0.3 is 0 Å². The van der Waals surface area contributed by atoms with E-state index in [1.165, 1.54) is 17.8 Å². The molecule has 0 bridgehead atoms. The van der Waals surface area contributed by atoms with Crippen molar-refractivity contribution < 1.29 is 9.90 Å². The van der Waals surface area contributed by atoms with E-state index in [4.69, 9.17) is 4.98 Å². The van der Waals surface area contributed by atoms with Gasteiger partial charge in [0.1, 0.15) is 5.75 Å². The van der Waals surface area contributed by atoms with E-state index in [9.17, 15) is 9.90 Å². The number of nitrogens with one attached hydrogen (secondary N) is 1. The molecule has 0 saturated carbocycles. The van der Waals surface area contributed by atoms with Crippen molar-refractivity contribution in [3.05, 3.63) is 59.7 Å². The molecule has 0 radical (unpaired) electrons. The van der Waals surface area contributed by atoms with Crippen LogP contribution in [0.25, 0.3) is 10.9 Å². The summed E-state index contributed by atoms with van der Waals surface area (Å²) in [4.78, 5) is 17.1. The number of fused-ring (bicyclic) bond motifs is 1. The molecule has 1 unspecified atom stereocenters. The highest BCUT2D eigenvalue weighted by atomic mass is 32.2. The zero-order valence-electron chi connectivity index (χ0n) is 14.4. The van der Waals surface area contributed by atoms with Gasteiger partial charge in [-0.2, -0.15) is 0 Å². The molecule has 25 heavy (non-hydrogen) atoms. The number of aromatic hydroxyl groups is 1. The molecule has 1 atom stereocenters. The van der Waals surface area contributed by atoms with Crippen molar-refractivity contribution in [3.8, 4) is 5.75 Å². The molecule has 0 spiro atoms. The lowest BCUT2D eigenvalue weighted by atomic mass is 10.1. The van der Waals surface area contributed by atoms with Gasteiger partial charge in [-0.1, -0.05) is 36.0 Å². The SMILES string of the molecule is Cc1cc(SC(C)C(=O)Nc2cccc(O)c2)nc2c(C)cccc12. The number of hydrogen-bond acceptors (Lipinski definition) is 4. The van der Waals surface area contributed by atoms with Crippen molar-refractivity contribution in [2.45, 2.75) is 31.0 Å². The van der Waals surface area contributed by atoms with Gasteiger partial charge in [-0.15, -0.1) is 0 Å². The lowest BCUT2D eigenvalue weighted by Crippen LogP contribution is -2.22. The maximum Gasteiger partial charge on any atom is 0.237 e. The first-order valence-corrected chi connectivity index (χ1v) is 8.95. The summed E-state index contributed by atoms with van der Waals surface area (Å²) in [5.41, 5.74) is 3.83. The number of phenolic OH excluding ortho intramolecular Hbond substituents is 1. The van der Waals surface area contributed by atoms with Crippen LogP contribution in [0.5, 0.6) is 5.75 Å². The Kier molecular flexibility index (Phi) is 4.95. The van der Waals surface area contributed by atoms with E-state index in [-0.39, 0.29) is 16.9 Å². The Hall–Kier alpha value is -2.53. The largest absolute Gasteiger partial charge is 0.508 e. The van der Waals surface area contributed by atoms with Gasteiger partial charge in [0, 0.05) is 17.1 Å². The van der Waals surface area contributed by atoms with Crippen molar-refractivity contribution in [1.29, 1.82) is 0 Å². The Morgan fingerprint density at radius 2 is 1.88 bits per heavy atom. The minimum absolute atomic E-state index is 0.125. The number of carbonyl (C=O) groups excluding carboxylic acids is 1. The Balaban J connectivity index is 1.78. The molecule has 0 aliphatic carbocycles. The van der Waals surface area contributed by atoms with Crippen molar-refractivity contribution >= 4 is 34.3 Å². The first kappa shape index (κ1) is 17.3. The number of hydrogen-bond donors (Lipinski definition) is 2. The standard InChI is InChI=1S/C20H20N2O2S/c1-12-6-4-9-17-13(2)10-18(22-19(12)17)25-14(3)20(24)21-15-7-5-8-16(23)11-15/h4-11,14,23H,1-3H3,(H,21,24). The number of nitrogens with zero attached hydrogens (tertiary/aromatic N) is 1. The molecule has 0 fully saturated rings. The van der Waals surface area contributed by atoms with Gasteiger partial charge in [-0.3, -0.25) is 4.79 Å². The van der Waals surface area contributed by atoms with E-state index in [1.54, 1.807) is 18.2 Å². The number of thioether (sulfide) groups is 1. The molecule has 2 aromatic carbocycles. The van der Waals surface area contributed by atoms with Gasteiger partial charge in [0.05, 0.1) is 15.8 Å². The Bertz CT molecular complexity index is 940. The highest BCUT2D eigenvalue weighted by molar-refractivity contribution is 8.00. The van der Waals surface area contributed by atoms with Crippen LogP contribution in [0.1, 0.15) is 18.1 Å². The number of pyridine rings is 1. The number of rotatable bonds is 4. The molecule has 3 aromatic rings. The highest BCUT2D eigenvalue weighted by Crippen LogP contribution is 2.28. The summed E-state index contributed by atoms with van der Waals surface area (Å²) in [6.07, 6.45) is 0. The van der Waals surface area contributed by atoms with Crippen molar-refractivity contribution in [3.63, 3.8) is 0 Å². The molecule has 3 rings (SSSR count). The third-order valence-corrected chi connectivity index (χ3v) is 5.02. The summed E-state index contributed by atoms with van der Waals surface area (Å²) in [5, 5.41) is 14.0. The fourth-order valence-electron chi connectivity index (χ4n) is 2.65. The van der Waals surface area contributed by atoms with Gasteiger partial charge in [0.15, 0.2) is 0 Å². The van der Waals surface area contributed by atoms with Crippen LogP contribution >= 0.6 is 11.8 Å². The van der Waals surface area contributed by atoms with Crippen LogP contribution in [0.3, 0.4) is 0 Å². The van der Waals surface area contributed by atoms with Crippen LogP contribution in [-0.2, 0) is 4.79 Å². The van der Waals surface area contributed by atoms with Crippen LogP contribution in [-0.4, -0.2) is 21.2 Å². The highest BCUT2D eigenvalue weighted by Gasteiger charge is 2.16. The summed E-state index contributed by atoms with van der Waals surface area (Å²) in [6, 6.07) is 14.7. The van der Waals surface area contributed by atoms with Crippen LogP contribution in [0.2, 0.25) is 0 Å². The van der Waals surface area contributed by atoms with Crippen molar-refractivity contribution in [1.82, 2.24) is 4.98 Å². The number of carbonyl (C=O) groups is 1. The monoisotopic (exact) mass is 352 g/mol. The number of phenols is 1. The van der Waals surface area contributed by atoms with Crippen molar-refractivity contribution in [2.24, 2.45) is 0 Å². The normalized spacial score (nSPS) is 12.1. The Labute approximate surface area is 151 Å². The molecular formula is C20H20N2O2S. The van der Waals surface area contributed by atoms with Gasteiger partial charge in [-0.25, -0.2) is 4.98 Å². The van der Waals surface area contributed by atoms with Crippen LogP contribution in [0.15, 0.2) is 53.6 Å². The van der Waals surface area contributed by atoms with E-state index in [0.717, 1.165) is 27.1 Å². The molecule has 1 heterocycles. The molecule has 2 N–H and O–H groups in total. The lowest BCUT2D eigenvalue weighted by Gasteiger charge is -2.13. The molecule has 1 aromatic heterocycles. The summed E-state index contributed by atoms with van der Waals surface area (Å²) in [7, 11) is 0. The van der Waals surface area contributed by atoms with Crippen LogP contribution < -0.4 is 5.32 Å². The summed E-state index contributed by atoms with van der Waals surface area (Å²) in [5.74, 6) is 0.000311. The molecule has 0 aliphatic heterocycles. The number of anilines is 1. The third kappa shape index (κ3) is 3.94. The third-order valence-electron chi connectivity index (χ3n) is 4.01. The fraction of sp³-hybridized carbons (Fsp3) is 0.200. The minimum atomic E-state index is -0.310. The Morgan fingerprint density at radius 1 is 1.12 bits per heavy atom. The minimum Gasteiger partial charge on any atom is -0.508 e. The number of para-hydroxylation sites is 1. The zero-order valence-corrected chi connectivity index (χ0v) is 15.2. The average Bonchev–Trinajstić information content (AvgIpc) is 2.56. The summed E-state index contributed by atoms with van der Waals surface area (Å²) >= 11 is 1.43. The van der Waals surface area contributed by atoms with E-state index < -0.39 is 0 Å². The summed E-state index contributed by atoms with van der Waals surface area (Å²) in [6.45, 7) is 5.95. The topological polar surface area (TPSA) is 62.2 Å². The second kappa shape index (κ2) is 7.15. The van der Waals surface area contributed by atoms with Crippen molar-refractivity contribution in [2.75, 3.05) is 5.32 Å². The second-order valence-electron chi connectivity index (χ2n) is 6.05.